The summed E-state index contributed by atoms with van der Waals surface area (Å²) in [6.07, 6.45) is 0.602. The second-order valence-corrected chi connectivity index (χ2v) is 3.08. The number of esters is 1. The first-order valence-corrected chi connectivity index (χ1v) is 4.12. The summed E-state index contributed by atoms with van der Waals surface area (Å²) in [7, 11) is 1.37. The molecule has 1 saturated heterocycles. The quantitative estimate of drug-likeness (QED) is 0.563. The second-order valence-electron chi connectivity index (χ2n) is 3.08. The van der Waals surface area contributed by atoms with E-state index < -0.39 is 0 Å². The molecular formula is C8H15NO3. The van der Waals surface area contributed by atoms with Gasteiger partial charge in [0.1, 0.15) is 0 Å². The van der Waals surface area contributed by atoms with E-state index in [1.807, 2.05) is 6.92 Å². The van der Waals surface area contributed by atoms with Gasteiger partial charge in [-0.25, -0.2) is 0 Å². The summed E-state index contributed by atoms with van der Waals surface area (Å²) in [5.74, 6) is -0.571. The van der Waals surface area contributed by atoms with Crippen molar-refractivity contribution in [1.29, 1.82) is 0 Å². The Morgan fingerprint density at radius 3 is 2.83 bits per heavy atom. The maximum atomic E-state index is 11.2. The lowest BCUT2D eigenvalue weighted by atomic mass is 9.91. The summed E-state index contributed by atoms with van der Waals surface area (Å²) in [5, 5.41) is 0. The molecule has 1 heterocycles. The van der Waals surface area contributed by atoms with Crippen LogP contribution < -0.4 is 5.73 Å². The molecule has 0 aliphatic carbocycles. The smallest absolute Gasteiger partial charge is 0.312 e. The number of rotatable bonds is 1. The molecule has 1 rings (SSSR count). The maximum Gasteiger partial charge on any atom is 0.312 e. The third kappa shape index (κ3) is 1.76. The Morgan fingerprint density at radius 2 is 2.33 bits per heavy atom. The molecule has 3 unspecified atom stereocenters. The standard InChI is InChI=1S/C8H15NO3/c1-5-7(8(10)11-2)6(9)3-4-12-5/h5-7H,3-4,9H2,1-2H3. The molecule has 1 aliphatic rings. The van der Waals surface area contributed by atoms with E-state index in [1.54, 1.807) is 0 Å². The van der Waals surface area contributed by atoms with Gasteiger partial charge in [0.15, 0.2) is 0 Å². The SMILES string of the molecule is COC(=O)C1C(N)CCOC1C. The predicted molar refractivity (Wildman–Crippen MR) is 43.5 cm³/mol. The second kappa shape index (κ2) is 3.87. The zero-order valence-corrected chi connectivity index (χ0v) is 7.45. The van der Waals surface area contributed by atoms with E-state index in [4.69, 9.17) is 10.5 Å². The van der Waals surface area contributed by atoms with Gasteiger partial charge in [-0.3, -0.25) is 4.79 Å². The molecule has 3 atom stereocenters. The van der Waals surface area contributed by atoms with Gasteiger partial charge in [0.2, 0.25) is 0 Å². The first-order chi connectivity index (χ1) is 5.66. The molecular weight excluding hydrogens is 158 g/mol. The highest BCUT2D eigenvalue weighted by Crippen LogP contribution is 2.20. The molecule has 1 fully saturated rings. The molecule has 0 bridgehead atoms. The van der Waals surface area contributed by atoms with Crippen molar-refractivity contribution in [3.8, 4) is 0 Å². The van der Waals surface area contributed by atoms with Crippen molar-refractivity contribution in [2.75, 3.05) is 13.7 Å². The summed E-state index contributed by atoms with van der Waals surface area (Å²) < 4.78 is 9.93. The molecule has 0 aromatic carbocycles. The molecule has 12 heavy (non-hydrogen) atoms. The average molecular weight is 173 g/mol. The van der Waals surface area contributed by atoms with Gasteiger partial charge in [0.05, 0.1) is 19.1 Å². The Labute approximate surface area is 72.0 Å². The highest BCUT2D eigenvalue weighted by atomic mass is 16.5. The summed E-state index contributed by atoms with van der Waals surface area (Å²) in [6, 6.07) is -0.124. The van der Waals surface area contributed by atoms with Crippen LogP contribution in [-0.2, 0) is 14.3 Å². The van der Waals surface area contributed by atoms with E-state index in [9.17, 15) is 4.79 Å². The fourth-order valence-electron chi connectivity index (χ4n) is 1.52. The van der Waals surface area contributed by atoms with Crippen LogP contribution in [0.3, 0.4) is 0 Å². The lowest BCUT2D eigenvalue weighted by Crippen LogP contribution is -2.48. The zero-order valence-electron chi connectivity index (χ0n) is 7.45. The summed E-state index contributed by atoms with van der Waals surface area (Å²) in [5.41, 5.74) is 5.77. The highest BCUT2D eigenvalue weighted by molar-refractivity contribution is 5.73. The van der Waals surface area contributed by atoms with Gasteiger partial charge in [-0.1, -0.05) is 0 Å². The topological polar surface area (TPSA) is 61.5 Å². The molecule has 0 saturated carbocycles. The molecule has 2 N–H and O–H groups in total. The number of methoxy groups -OCH3 is 1. The van der Waals surface area contributed by atoms with Gasteiger partial charge in [-0.2, -0.15) is 0 Å². The summed E-state index contributed by atoms with van der Waals surface area (Å²) >= 11 is 0. The zero-order chi connectivity index (χ0) is 9.14. The van der Waals surface area contributed by atoms with Crippen LogP contribution in [0, 0.1) is 5.92 Å². The van der Waals surface area contributed by atoms with Gasteiger partial charge in [0.25, 0.3) is 0 Å². The lowest BCUT2D eigenvalue weighted by Gasteiger charge is -2.32. The van der Waals surface area contributed by atoms with Crippen LogP contribution in [0.15, 0.2) is 0 Å². The summed E-state index contributed by atoms with van der Waals surface area (Å²) in [4.78, 5) is 11.2. The molecule has 4 heteroatoms. The fourth-order valence-corrected chi connectivity index (χ4v) is 1.52. The fraction of sp³-hybridized carbons (Fsp3) is 0.875. The minimum atomic E-state index is -0.302. The van der Waals surface area contributed by atoms with Gasteiger partial charge < -0.3 is 15.2 Å². The number of hydrogen-bond donors (Lipinski definition) is 1. The van der Waals surface area contributed by atoms with Crippen molar-refractivity contribution >= 4 is 5.97 Å². The van der Waals surface area contributed by atoms with Crippen molar-refractivity contribution in [1.82, 2.24) is 0 Å². The van der Waals surface area contributed by atoms with E-state index in [0.29, 0.717) is 6.61 Å². The van der Waals surface area contributed by atoms with E-state index in [0.717, 1.165) is 6.42 Å². The Hall–Kier alpha value is -0.610. The first-order valence-electron chi connectivity index (χ1n) is 4.12. The first kappa shape index (κ1) is 9.48. The van der Waals surface area contributed by atoms with Crippen molar-refractivity contribution < 1.29 is 14.3 Å². The van der Waals surface area contributed by atoms with E-state index in [2.05, 4.69) is 4.74 Å². The van der Waals surface area contributed by atoms with Crippen molar-refractivity contribution in [3.63, 3.8) is 0 Å². The van der Waals surface area contributed by atoms with Crippen molar-refractivity contribution in [2.45, 2.75) is 25.5 Å². The summed E-state index contributed by atoms with van der Waals surface area (Å²) in [6.45, 7) is 2.48. The largest absolute Gasteiger partial charge is 0.469 e. The third-order valence-electron chi connectivity index (χ3n) is 2.27. The molecule has 0 aromatic heterocycles. The number of ether oxygens (including phenoxy) is 2. The monoisotopic (exact) mass is 173 g/mol. The third-order valence-corrected chi connectivity index (χ3v) is 2.27. The van der Waals surface area contributed by atoms with Crippen molar-refractivity contribution in [3.05, 3.63) is 0 Å². The Kier molecular flexibility index (Phi) is 3.05. The maximum absolute atomic E-state index is 11.2. The van der Waals surface area contributed by atoms with Crippen LogP contribution in [0.2, 0.25) is 0 Å². The van der Waals surface area contributed by atoms with Gasteiger partial charge in [-0.05, 0) is 13.3 Å². The van der Waals surface area contributed by atoms with E-state index >= 15 is 0 Å². The molecule has 0 spiro atoms. The van der Waals surface area contributed by atoms with Crippen LogP contribution in [-0.4, -0.2) is 31.8 Å². The molecule has 70 valence electrons. The van der Waals surface area contributed by atoms with Crippen LogP contribution >= 0.6 is 0 Å². The Bertz CT molecular complexity index is 162. The van der Waals surface area contributed by atoms with Crippen LogP contribution in [0.4, 0.5) is 0 Å². The predicted octanol–water partition coefficient (Wildman–Crippen LogP) is -0.0883. The Morgan fingerprint density at radius 1 is 1.67 bits per heavy atom. The number of carbonyl (C=O) groups excluding carboxylic acids is 1. The minimum absolute atomic E-state index is 0.124. The van der Waals surface area contributed by atoms with Gasteiger partial charge >= 0.3 is 5.97 Å². The molecule has 4 nitrogen and oxygen atoms in total. The van der Waals surface area contributed by atoms with E-state index in [-0.39, 0.29) is 24.0 Å². The number of carbonyl (C=O) groups is 1. The van der Waals surface area contributed by atoms with Crippen molar-refractivity contribution in [2.24, 2.45) is 11.7 Å². The normalized spacial score (nSPS) is 36.1. The van der Waals surface area contributed by atoms with Crippen LogP contribution in [0.5, 0.6) is 0 Å². The van der Waals surface area contributed by atoms with Crippen LogP contribution in [0.1, 0.15) is 13.3 Å². The van der Waals surface area contributed by atoms with Gasteiger partial charge in [-0.15, -0.1) is 0 Å². The van der Waals surface area contributed by atoms with Crippen LogP contribution in [0.25, 0.3) is 0 Å². The lowest BCUT2D eigenvalue weighted by molar-refractivity contribution is -0.155. The molecule has 1 aliphatic heterocycles. The Balaban J connectivity index is 2.62. The minimum Gasteiger partial charge on any atom is -0.469 e. The molecule has 0 aromatic rings. The van der Waals surface area contributed by atoms with E-state index in [1.165, 1.54) is 7.11 Å². The highest BCUT2D eigenvalue weighted by Gasteiger charge is 2.35. The number of hydrogen-bond acceptors (Lipinski definition) is 4. The molecule has 0 radical (unpaired) electrons. The van der Waals surface area contributed by atoms with Gasteiger partial charge in [0, 0.05) is 12.6 Å². The number of nitrogens with two attached hydrogens (primary N) is 1. The molecule has 0 amide bonds. The average Bonchev–Trinajstić information content (AvgIpc) is 2.03.